The molecule has 0 spiro atoms. The van der Waals surface area contributed by atoms with Crippen LogP contribution in [0, 0.1) is 5.82 Å². The smallest absolute Gasteiger partial charge is 0.135 e. The van der Waals surface area contributed by atoms with Gasteiger partial charge in [-0.1, -0.05) is 158 Å². The molecule has 1 aromatic heterocycles. The van der Waals surface area contributed by atoms with Gasteiger partial charge in [0.05, 0.1) is 5.41 Å². The summed E-state index contributed by atoms with van der Waals surface area (Å²) < 4.78 is 20.2. The Bertz CT molecular complexity index is 3410. The second-order valence-corrected chi connectivity index (χ2v) is 16.2. The Labute approximate surface area is 359 Å². The summed E-state index contributed by atoms with van der Waals surface area (Å²) in [5.74, 6) is -0.241. The molecular weight excluding hydrogens is 758 g/mol. The van der Waals surface area contributed by atoms with Crippen LogP contribution in [-0.4, -0.2) is 0 Å². The van der Waals surface area contributed by atoms with Gasteiger partial charge >= 0.3 is 0 Å². The average Bonchev–Trinajstić information content (AvgIpc) is 3.86. The first-order valence-corrected chi connectivity index (χ1v) is 21.1. The lowest BCUT2D eigenvalue weighted by Crippen LogP contribution is -2.28. The molecule has 2 nitrogen and oxygen atoms in total. The van der Waals surface area contributed by atoms with Crippen molar-refractivity contribution in [1.82, 2.24) is 0 Å². The first-order valence-electron chi connectivity index (χ1n) is 21.1. The van der Waals surface area contributed by atoms with Crippen LogP contribution in [0.3, 0.4) is 0 Å². The molecule has 11 aromatic rings. The molecule has 292 valence electrons. The van der Waals surface area contributed by atoms with Crippen LogP contribution in [0.1, 0.15) is 22.3 Å². The van der Waals surface area contributed by atoms with Crippen LogP contribution < -0.4 is 4.90 Å². The molecule has 12 rings (SSSR count). The van der Waals surface area contributed by atoms with E-state index in [4.69, 9.17) is 4.42 Å². The Balaban J connectivity index is 1.01. The maximum absolute atomic E-state index is 13.7. The van der Waals surface area contributed by atoms with E-state index in [0.717, 1.165) is 61.3 Å². The maximum atomic E-state index is 13.7. The summed E-state index contributed by atoms with van der Waals surface area (Å²) in [6, 6.07) is 81.1. The minimum absolute atomic E-state index is 0.241. The third-order valence-corrected chi connectivity index (χ3v) is 12.8. The first-order chi connectivity index (χ1) is 30.6. The number of anilines is 3. The van der Waals surface area contributed by atoms with Crippen molar-refractivity contribution in [2.75, 3.05) is 4.90 Å². The van der Waals surface area contributed by atoms with Crippen molar-refractivity contribution in [3.05, 3.63) is 259 Å². The molecule has 1 aliphatic carbocycles. The van der Waals surface area contributed by atoms with Crippen molar-refractivity contribution in [2.45, 2.75) is 5.41 Å². The zero-order valence-electron chi connectivity index (χ0n) is 33.7. The summed E-state index contributed by atoms with van der Waals surface area (Å²) in [6.07, 6.45) is 0. The fourth-order valence-corrected chi connectivity index (χ4v) is 9.99. The van der Waals surface area contributed by atoms with Gasteiger partial charge < -0.3 is 9.32 Å². The van der Waals surface area contributed by atoms with E-state index in [1.165, 1.54) is 56.3 Å². The first kappa shape index (κ1) is 35.9. The van der Waals surface area contributed by atoms with Gasteiger partial charge in [-0.2, -0.15) is 0 Å². The zero-order chi connectivity index (χ0) is 41.2. The van der Waals surface area contributed by atoms with Crippen molar-refractivity contribution >= 4 is 49.8 Å². The lowest BCUT2D eigenvalue weighted by atomic mass is 9.67. The van der Waals surface area contributed by atoms with E-state index in [0.29, 0.717) is 0 Å². The molecule has 0 atom stereocenters. The molecule has 0 bridgehead atoms. The van der Waals surface area contributed by atoms with Crippen LogP contribution in [0.15, 0.2) is 235 Å². The topological polar surface area (TPSA) is 16.4 Å². The third kappa shape index (κ3) is 5.63. The molecule has 0 fully saturated rings. The normalized spacial score (nSPS) is 12.7. The van der Waals surface area contributed by atoms with Gasteiger partial charge in [-0.05, 0) is 139 Å². The molecule has 0 saturated heterocycles. The van der Waals surface area contributed by atoms with E-state index in [1.807, 2.05) is 18.2 Å². The molecule has 0 radical (unpaired) electrons. The Morgan fingerprint density at radius 3 is 1.61 bits per heavy atom. The number of nitrogens with zero attached hydrogens (tertiary/aromatic N) is 1. The van der Waals surface area contributed by atoms with Gasteiger partial charge in [0.25, 0.3) is 0 Å². The lowest BCUT2D eigenvalue weighted by Gasteiger charge is -2.34. The number of hydrogen-bond acceptors (Lipinski definition) is 2. The van der Waals surface area contributed by atoms with Crippen molar-refractivity contribution in [3.8, 4) is 33.4 Å². The van der Waals surface area contributed by atoms with Crippen molar-refractivity contribution in [3.63, 3.8) is 0 Å². The molecule has 1 aliphatic rings. The predicted molar refractivity (Wildman–Crippen MR) is 254 cm³/mol. The quantitative estimate of drug-likeness (QED) is 0.160. The zero-order valence-corrected chi connectivity index (χ0v) is 33.7. The molecule has 10 aromatic carbocycles. The van der Waals surface area contributed by atoms with Crippen LogP contribution in [-0.2, 0) is 5.41 Å². The van der Waals surface area contributed by atoms with Gasteiger partial charge in [0.15, 0.2) is 0 Å². The SMILES string of the molecule is Fc1ccc(-c2ccc(N(c3ccccc3)c3ccc4oc5ccc(-c6ccc7c(c6)C(c6ccccc6)(c6ccccc6)c6ccc8ccccc8c6-7)cc5c4c3)cc2)cc1. The number of para-hydroxylation sites is 1. The molecule has 0 aliphatic heterocycles. The molecule has 0 unspecified atom stereocenters. The summed E-state index contributed by atoms with van der Waals surface area (Å²) in [4.78, 5) is 2.27. The maximum Gasteiger partial charge on any atom is 0.135 e. The lowest BCUT2D eigenvalue weighted by molar-refractivity contribution is 0.628. The fourth-order valence-electron chi connectivity index (χ4n) is 9.99. The third-order valence-electron chi connectivity index (χ3n) is 12.8. The van der Waals surface area contributed by atoms with Gasteiger partial charge in [0.2, 0.25) is 0 Å². The Morgan fingerprint density at radius 2 is 0.903 bits per heavy atom. The molecule has 1 heterocycles. The van der Waals surface area contributed by atoms with E-state index >= 15 is 0 Å². The minimum Gasteiger partial charge on any atom is -0.456 e. The van der Waals surface area contributed by atoms with Crippen LogP contribution in [0.4, 0.5) is 21.5 Å². The number of hydrogen-bond donors (Lipinski definition) is 0. The van der Waals surface area contributed by atoms with E-state index in [2.05, 4.69) is 205 Å². The van der Waals surface area contributed by atoms with Crippen LogP contribution >= 0.6 is 0 Å². The average molecular weight is 796 g/mol. The van der Waals surface area contributed by atoms with Gasteiger partial charge in [-0.25, -0.2) is 4.39 Å². The van der Waals surface area contributed by atoms with E-state index < -0.39 is 5.41 Å². The van der Waals surface area contributed by atoms with Gasteiger partial charge in [0.1, 0.15) is 17.0 Å². The van der Waals surface area contributed by atoms with E-state index in [1.54, 1.807) is 0 Å². The van der Waals surface area contributed by atoms with E-state index in [-0.39, 0.29) is 5.82 Å². The highest BCUT2D eigenvalue weighted by Gasteiger charge is 2.46. The number of rotatable bonds is 7. The number of halogens is 1. The molecule has 62 heavy (non-hydrogen) atoms. The molecular formula is C59H38FNO. The van der Waals surface area contributed by atoms with E-state index in [9.17, 15) is 4.39 Å². The highest BCUT2D eigenvalue weighted by molar-refractivity contribution is 6.09. The van der Waals surface area contributed by atoms with Gasteiger partial charge in [-0.15, -0.1) is 0 Å². The van der Waals surface area contributed by atoms with Gasteiger partial charge in [0, 0.05) is 27.8 Å². The Kier molecular flexibility index (Phi) is 8.29. The van der Waals surface area contributed by atoms with Crippen molar-refractivity contribution < 1.29 is 8.81 Å². The molecule has 0 saturated carbocycles. The monoisotopic (exact) mass is 795 g/mol. The molecule has 0 N–H and O–H groups in total. The Hall–Kier alpha value is -8.01. The standard InChI is InChI=1S/C59H38FNO/c60-46-27-20-39(21-28-46)40-22-29-48(30-23-40)61(47-17-8-3-9-18-47)49-31-35-57-53(38-49)52-36-42(26-34-56(52)62-57)43-24-32-51-55(37-43)59(44-13-4-1-5-14-44,45-15-6-2-7-16-45)54-33-25-41-12-10-11-19-50(41)58(51)54/h1-38H. The Morgan fingerprint density at radius 1 is 0.371 bits per heavy atom. The molecule has 3 heteroatoms. The number of benzene rings is 10. The summed E-state index contributed by atoms with van der Waals surface area (Å²) in [7, 11) is 0. The predicted octanol–water partition coefficient (Wildman–Crippen LogP) is 16.0. The number of fused-ring (bicyclic) bond motifs is 8. The highest BCUT2D eigenvalue weighted by atomic mass is 19.1. The van der Waals surface area contributed by atoms with Crippen molar-refractivity contribution in [1.29, 1.82) is 0 Å². The second kappa shape index (κ2) is 14.3. The fraction of sp³-hybridized carbons (Fsp3) is 0.0169. The van der Waals surface area contributed by atoms with Crippen LogP contribution in [0.25, 0.3) is 66.1 Å². The minimum atomic E-state index is -0.521. The highest BCUT2D eigenvalue weighted by Crippen LogP contribution is 2.58. The van der Waals surface area contributed by atoms with Crippen LogP contribution in [0.2, 0.25) is 0 Å². The summed E-state index contributed by atoms with van der Waals surface area (Å²) in [5, 5.41) is 4.61. The van der Waals surface area contributed by atoms with Crippen LogP contribution in [0.5, 0.6) is 0 Å². The van der Waals surface area contributed by atoms with Gasteiger partial charge in [-0.3, -0.25) is 0 Å². The summed E-state index contributed by atoms with van der Waals surface area (Å²) >= 11 is 0. The molecule has 0 amide bonds. The largest absolute Gasteiger partial charge is 0.456 e. The number of furan rings is 1. The summed E-state index contributed by atoms with van der Waals surface area (Å²) in [5.41, 5.74) is 16.2. The summed E-state index contributed by atoms with van der Waals surface area (Å²) in [6.45, 7) is 0. The van der Waals surface area contributed by atoms with Crippen molar-refractivity contribution in [2.24, 2.45) is 0 Å². The second-order valence-electron chi connectivity index (χ2n) is 16.2.